The summed E-state index contributed by atoms with van der Waals surface area (Å²) in [6.07, 6.45) is 0.680. The highest BCUT2D eigenvalue weighted by atomic mass is 79.9. The van der Waals surface area contributed by atoms with Gasteiger partial charge in [-0.3, -0.25) is 4.79 Å². The Morgan fingerprint density at radius 3 is 2.73 bits per heavy atom. The number of nitrogens with one attached hydrogen (secondary N) is 1. The van der Waals surface area contributed by atoms with Crippen molar-refractivity contribution in [1.82, 2.24) is 5.32 Å². The fraction of sp³-hybridized carbons (Fsp3) is 0.364. The van der Waals surface area contributed by atoms with Crippen molar-refractivity contribution < 1.29 is 9.53 Å². The van der Waals surface area contributed by atoms with Gasteiger partial charge in [0.1, 0.15) is 0 Å². The molecule has 1 aliphatic rings. The van der Waals surface area contributed by atoms with Crippen molar-refractivity contribution in [2.75, 3.05) is 13.2 Å². The van der Waals surface area contributed by atoms with Crippen LogP contribution in [0.3, 0.4) is 0 Å². The van der Waals surface area contributed by atoms with E-state index in [9.17, 15) is 4.79 Å². The molecule has 0 bridgehead atoms. The zero-order valence-electron chi connectivity index (χ0n) is 8.20. The van der Waals surface area contributed by atoms with Crippen molar-refractivity contribution in [2.24, 2.45) is 0 Å². The number of rotatable bonds is 4. The topological polar surface area (TPSA) is 41.6 Å². The highest BCUT2D eigenvalue weighted by molar-refractivity contribution is 9.10. The molecule has 3 nitrogen and oxygen atoms in total. The van der Waals surface area contributed by atoms with Gasteiger partial charge >= 0.3 is 0 Å². The van der Waals surface area contributed by atoms with E-state index in [1.54, 1.807) is 0 Å². The van der Waals surface area contributed by atoms with Crippen LogP contribution < -0.4 is 5.32 Å². The minimum Gasteiger partial charge on any atom is -0.371 e. The van der Waals surface area contributed by atoms with E-state index in [0.717, 1.165) is 16.6 Å². The summed E-state index contributed by atoms with van der Waals surface area (Å²) >= 11 is 3.35. The molecule has 0 spiro atoms. The maximum absolute atomic E-state index is 11.5. The number of hydrogen-bond donors (Lipinski definition) is 1. The molecule has 4 heteroatoms. The van der Waals surface area contributed by atoms with Gasteiger partial charge in [-0.1, -0.05) is 28.1 Å². The molecule has 1 aromatic rings. The van der Waals surface area contributed by atoms with E-state index in [-0.39, 0.29) is 12.0 Å². The predicted molar refractivity (Wildman–Crippen MR) is 60.6 cm³/mol. The monoisotopic (exact) mass is 269 g/mol. The lowest BCUT2D eigenvalue weighted by molar-refractivity contribution is -0.120. The molecule has 80 valence electrons. The number of ether oxygens (including phenoxy) is 1. The molecule has 1 atom stereocenters. The molecule has 0 aromatic heterocycles. The normalized spacial score (nSPS) is 18.6. The summed E-state index contributed by atoms with van der Waals surface area (Å²) in [5, 5.41) is 2.83. The Morgan fingerprint density at radius 1 is 1.47 bits per heavy atom. The lowest BCUT2D eigenvalue weighted by Gasteiger charge is -2.03. The number of carbonyl (C=O) groups excluding carboxylic acids is 1. The molecule has 1 N–H and O–H groups in total. The molecular weight excluding hydrogens is 258 g/mol. The lowest BCUT2D eigenvalue weighted by atomic mass is 10.1. The van der Waals surface area contributed by atoms with Gasteiger partial charge < -0.3 is 10.1 Å². The Bertz CT molecular complexity index is 346. The van der Waals surface area contributed by atoms with Crippen LogP contribution in [-0.2, 0) is 16.0 Å². The quantitative estimate of drug-likeness (QED) is 0.842. The van der Waals surface area contributed by atoms with Gasteiger partial charge in [0, 0.05) is 11.0 Å². The smallest absolute Gasteiger partial charge is 0.224 e. The Kier molecular flexibility index (Phi) is 3.38. The highest BCUT2D eigenvalue weighted by Crippen LogP contribution is 2.11. The van der Waals surface area contributed by atoms with Gasteiger partial charge in [-0.15, -0.1) is 0 Å². The molecule has 0 aliphatic carbocycles. The molecule has 0 radical (unpaired) electrons. The fourth-order valence-corrected chi connectivity index (χ4v) is 1.53. The van der Waals surface area contributed by atoms with Crippen molar-refractivity contribution >= 4 is 21.8 Å². The van der Waals surface area contributed by atoms with Crippen molar-refractivity contribution in [3.8, 4) is 0 Å². The minimum atomic E-state index is 0.0489. The molecule has 0 saturated carbocycles. The van der Waals surface area contributed by atoms with Gasteiger partial charge in [0.05, 0.1) is 19.1 Å². The van der Waals surface area contributed by atoms with Crippen molar-refractivity contribution in [3.63, 3.8) is 0 Å². The minimum absolute atomic E-state index is 0.0489. The summed E-state index contributed by atoms with van der Waals surface area (Å²) in [7, 11) is 0. The van der Waals surface area contributed by atoms with E-state index < -0.39 is 0 Å². The molecule has 1 saturated heterocycles. The van der Waals surface area contributed by atoms with Crippen LogP contribution >= 0.6 is 15.9 Å². The molecule has 1 aliphatic heterocycles. The summed E-state index contributed by atoms with van der Waals surface area (Å²) in [5.74, 6) is 0.0489. The van der Waals surface area contributed by atoms with Crippen molar-refractivity contribution in [2.45, 2.75) is 12.5 Å². The third-order valence-corrected chi connectivity index (χ3v) is 2.74. The second-order valence-electron chi connectivity index (χ2n) is 3.56. The second kappa shape index (κ2) is 4.77. The maximum Gasteiger partial charge on any atom is 0.224 e. The number of amides is 1. The SMILES string of the molecule is O=C(Cc1ccc(Br)cc1)NC[C@@H]1CO1. The van der Waals surface area contributed by atoms with Crippen LogP contribution in [0.15, 0.2) is 28.7 Å². The Labute approximate surface area is 96.9 Å². The molecule has 2 rings (SSSR count). The third-order valence-electron chi connectivity index (χ3n) is 2.21. The molecule has 1 heterocycles. The van der Waals surface area contributed by atoms with Gasteiger partial charge in [0.25, 0.3) is 0 Å². The number of benzene rings is 1. The van der Waals surface area contributed by atoms with Gasteiger partial charge in [-0.2, -0.15) is 0 Å². The Morgan fingerprint density at radius 2 is 2.13 bits per heavy atom. The third kappa shape index (κ3) is 3.64. The first-order valence-electron chi connectivity index (χ1n) is 4.87. The van der Waals surface area contributed by atoms with Crippen molar-refractivity contribution in [1.29, 1.82) is 0 Å². The van der Waals surface area contributed by atoms with Crippen LogP contribution in [-0.4, -0.2) is 25.2 Å². The molecular formula is C11H12BrNO2. The zero-order chi connectivity index (χ0) is 10.7. The van der Waals surface area contributed by atoms with E-state index in [4.69, 9.17) is 4.74 Å². The largest absolute Gasteiger partial charge is 0.371 e. The second-order valence-corrected chi connectivity index (χ2v) is 4.48. The first-order valence-corrected chi connectivity index (χ1v) is 5.66. The van der Waals surface area contributed by atoms with Crippen LogP contribution in [0, 0.1) is 0 Å². The summed E-state index contributed by atoms with van der Waals surface area (Å²) in [6.45, 7) is 1.41. The van der Waals surface area contributed by atoms with E-state index in [0.29, 0.717) is 13.0 Å². The van der Waals surface area contributed by atoms with Crippen LogP contribution in [0.5, 0.6) is 0 Å². The number of epoxide rings is 1. The molecule has 1 aromatic carbocycles. The zero-order valence-corrected chi connectivity index (χ0v) is 9.79. The molecule has 0 unspecified atom stereocenters. The number of carbonyl (C=O) groups is 1. The standard InChI is InChI=1S/C11H12BrNO2/c12-9-3-1-8(2-4-9)5-11(14)13-6-10-7-15-10/h1-4,10H,5-7H2,(H,13,14)/t10-/m1/s1. The van der Waals surface area contributed by atoms with Crippen LogP contribution in [0.25, 0.3) is 0 Å². The van der Waals surface area contributed by atoms with E-state index in [1.807, 2.05) is 24.3 Å². The predicted octanol–water partition coefficient (Wildman–Crippen LogP) is 1.51. The van der Waals surface area contributed by atoms with E-state index in [2.05, 4.69) is 21.2 Å². The number of hydrogen-bond acceptors (Lipinski definition) is 2. The van der Waals surface area contributed by atoms with Gasteiger partial charge in [0.15, 0.2) is 0 Å². The Balaban J connectivity index is 1.79. The van der Waals surface area contributed by atoms with E-state index in [1.165, 1.54) is 0 Å². The molecule has 1 amide bonds. The summed E-state index contributed by atoms with van der Waals surface area (Å²) in [6, 6.07) is 7.76. The molecule has 1 fully saturated rings. The molecule has 15 heavy (non-hydrogen) atoms. The van der Waals surface area contributed by atoms with Crippen LogP contribution in [0.4, 0.5) is 0 Å². The summed E-state index contributed by atoms with van der Waals surface area (Å²) < 4.78 is 6.03. The first-order chi connectivity index (χ1) is 7.24. The fourth-order valence-electron chi connectivity index (χ4n) is 1.26. The van der Waals surface area contributed by atoms with Crippen LogP contribution in [0.2, 0.25) is 0 Å². The summed E-state index contributed by atoms with van der Waals surface area (Å²) in [5.41, 5.74) is 1.02. The van der Waals surface area contributed by atoms with Gasteiger partial charge in [-0.25, -0.2) is 0 Å². The average Bonchev–Trinajstić information content (AvgIpc) is 3.02. The van der Waals surface area contributed by atoms with E-state index >= 15 is 0 Å². The average molecular weight is 270 g/mol. The summed E-state index contributed by atoms with van der Waals surface area (Å²) in [4.78, 5) is 11.5. The first kappa shape index (κ1) is 10.6. The Hall–Kier alpha value is -0.870. The maximum atomic E-state index is 11.5. The van der Waals surface area contributed by atoms with Crippen molar-refractivity contribution in [3.05, 3.63) is 34.3 Å². The van der Waals surface area contributed by atoms with Gasteiger partial charge in [-0.05, 0) is 17.7 Å². The lowest BCUT2D eigenvalue weighted by Crippen LogP contribution is -2.28. The van der Waals surface area contributed by atoms with Gasteiger partial charge in [0.2, 0.25) is 5.91 Å². The van der Waals surface area contributed by atoms with Crippen LogP contribution in [0.1, 0.15) is 5.56 Å². The highest BCUT2D eigenvalue weighted by Gasteiger charge is 2.22. The number of halogens is 1.